The predicted octanol–water partition coefficient (Wildman–Crippen LogP) is 1.14. The van der Waals surface area contributed by atoms with E-state index in [0.717, 1.165) is 6.07 Å². The van der Waals surface area contributed by atoms with Gasteiger partial charge in [0, 0.05) is 23.7 Å². The van der Waals surface area contributed by atoms with Crippen LogP contribution in [0.25, 0.3) is 0 Å². The highest BCUT2D eigenvalue weighted by molar-refractivity contribution is 9.10. The zero-order chi connectivity index (χ0) is 15.6. The molecule has 1 aliphatic heterocycles. The summed E-state index contributed by atoms with van der Waals surface area (Å²) >= 11 is 3.05. The molecule has 9 heteroatoms. The molecule has 0 aliphatic carbocycles. The minimum absolute atomic E-state index is 0.123. The third-order valence-electron chi connectivity index (χ3n) is 3.11. The molecule has 0 spiro atoms. The van der Waals surface area contributed by atoms with E-state index in [4.69, 9.17) is 9.88 Å². The molecular formula is C12H14BrFN2O4S. The van der Waals surface area contributed by atoms with Crippen molar-refractivity contribution in [2.75, 3.05) is 13.2 Å². The lowest BCUT2D eigenvalue weighted by molar-refractivity contribution is 0.0694. The standard InChI is InChI=1S/C12H14BrFN2O4S/c13-7-5-9(11(14)10(6-7)21(15,18)19)12(17)16-8-1-3-20-4-2-8/h5-6,8H,1-4H2,(H,16,17)(H2,15,18,19). The van der Waals surface area contributed by atoms with Crippen molar-refractivity contribution < 1.29 is 22.3 Å². The summed E-state index contributed by atoms with van der Waals surface area (Å²) in [5.41, 5.74) is -0.361. The molecule has 0 aromatic heterocycles. The fourth-order valence-electron chi connectivity index (χ4n) is 2.04. The fraction of sp³-hybridized carbons (Fsp3) is 0.417. The first-order valence-corrected chi connectivity index (χ1v) is 8.53. The zero-order valence-electron chi connectivity index (χ0n) is 10.9. The average Bonchev–Trinajstić information content (AvgIpc) is 2.40. The summed E-state index contributed by atoms with van der Waals surface area (Å²) in [5, 5.41) is 7.61. The van der Waals surface area contributed by atoms with E-state index < -0.39 is 26.6 Å². The second kappa shape index (κ2) is 6.39. The number of ether oxygens (including phenoxy) is 1. The summed E-state index contributed by atoms with van der Waals surface area (Å²) in [5.74, 6) is -1.82. The van der Waals surface area contributed by atoms with Crippen molar-refractivity contribution in [3.63, 3.8) is 0 Å². The van der Waals surface area contributed by atoms with Gasteiger partial charge in [-0.15, -0.1) is 0 Å². The molecule has 21 heavy (non-hydrogen) atoms. The van der Waals surface area contributed by atoms with Gasteiger partial charge in [-0.2, -0.15) is 0 Å². The van der Waals surface area contributed by atoms with E-state index in [2.05, 4.69) is 21.2 Å². The van der Waals surface area contributed by atoms with Crippen LogP contribution in [0.15, 0.2) is 21.5 Å². The number of amides is 1. The van der Waals surface area contributed by atoms with Crippen LogP contribution in [0.3, 0.4) is 0 Å². The van der Waals surface area contributed by atoms with Crippen LogP contribution in [0.1, 0.15) is 23.2 Å². The summed E-state index contributed by atoms with van der Waals surface area (Å²) < 4.78 is 42.3. The molecule has 0 unspecified atom stereocenters. The van der Waals surface area contributed by atoms with Gasteiger partial charge < -0.3 is 10.1 Å². The molecular weight excluding hydrogens is 367 g/mol. The van der Waals surface area contributed by atoms with Gasteiger partial charge in [-0.25, -0.2) is 17.9 Å². The lowest BCUT2D eigenvalue weighted by Gasteiger charge is -2.23. The minimum Gasteiger partial charge on any atom is -0.381 e. The van der Waals surface area contributed by atoms with Crippen molar-refractivity contribution in [1.82, 2.24) is 5.32 Å². The van der Waals surface area contributed by atoms with Crippen LogP contribution >= 0.6 is 15.9 Å². The molecule has 0 bridgehead atoms. The molecule has 0 radical (unpaired) electrons. The number of rotatable bonds is 3. The maximum absolute atomic E-state index is 14.2. The Balaban J connectivity index is 2.30. The van der Waals surface area contributed by atoms with Gasteiger partial charge in [-0.1, -0.05) is 15.9 Å². The molecule has 1 aromatic rings. The molecule has 1 fully saturated rings. The summed E-state index contributed by atoms with van der Waals surface area (Å²) in [6.07, 6.45) is 1.26. The summed E-state index contributed by atoms with van der Waals surface area (Å²) in [6.45, 7) is 1.04. The Kier molecular flexibility index (Phi) is 4.97. The first-order valence-electron chi connectivity index (χ1n) is 6.19. The minimum atomic E-state index is -4.25. The van der Waals surface area contributed by atoms with Crippen molar-refractivity contribution in [3.8, 4) is 0 Å². The molecule has 0 atom stereocenters. The van der Waals surface area contributed by atoms with Crippen molar-refractivity contribution >= 4 is 31.9 Å². The quantitative estimate of drug-likeness (QED) is 0.821. The first kappa shape index (κ1) is 16.3. The second-order valence-electron chi connectivity index (χ2n) is 4.67. The van der Waals surface area contributed by atoms with Crippen LogP contribution in [-0.2, 0) is 14.8 Å². The van der Waals surface area contributed by atoms with E-state index in [9.17, 15) is 17.6 Å². The fourth-order valence-corrected chi connectivity index (χ4v) is 3.30. The Morgan fingerprint density at radius 2 is 2.00 bits per heavy atom. The number of carbonyl (C=O) groups excluding carboxylic acids is 1. The lowest BCUT2D eigenvalue weighted by Crippen LogP contribution is -2.39. The summed E-state index contributed by atoms with van der Waals surface area (Å²) in [6, 6.07) is 2.12. The first-order chi connectivity index (χ1) is 9.79. The normalized spacial score (nSPS) is 16.7. The Hall–Kier alpha value is -1.03. The zero-order valence-corrected chi connectivity index (χ0v) is 13.3. The van der Waals surface area contributed by atoms with E-state index in [1.165, 1.54) is 6.07 Å². The van der Waals surface area contributed by atoms with Gasteiger partial charge in [0.05, 0.1) is 5.56 Å². The van der Waals surface area contributed by atoms with Crippen molar-refractivity contribution in [3.05, 3.63) is 28.0 Å². The highest BCUT2D eigenvalue weighted by atomic mass is 79.9. The molecule has 2 rings (SSSR count). The van der Waals surface area contributed by atoms with E-state index >= 15 is 0 Å². The number of sulfonamides is 1. The summed E-state index contributed by atoms with van der Waals surface area (Å²) in [7, 11) is -4.25. The number of nitrogens with one attached hydrogen (secondary N) is 1. The Morgan fingerprint density at radius 3 is 2.57 bits per heavy atom. The van der Waals surface area contributed by atoms with E-state index in [1.807, 2.05) is 0 Å². The van der Waals surface area contributed by atoms with E-state index in [0.29, 0.717) is 26.1 Å². The van der Waals surface area contributed by atoms with Gasteiger partial charge in [-0.3, -0.25) is 4.79 Å². The number of primary sulfonamides is 1. The van der Waals surface area contributed by atoms with Crippen LogP contribution in [0, 0.1) is 5.82 Å². The third-order valence-corrected chi connectivity index (χ3v) is 4.48. The monoisotopic (exact) mass is 380 g/mol. The maximum Gasteiger partial charge on any atom is 0.254 e. The molecule has 116 valence electrons. The Labute approximate surface area is 130 Å². The second-order valence-corrected chi connectivity index (χ2v) is 7.12. The SMILES string of the molecule is NS(=O)(=O)c1cc(Br)cc(C(=O)NC2CCOCC2)c1F. The number of benzene rings is 1. The van der Waals surface area contributed by atoms with Crippen LogP contribution < -0.4 is 10.5 Å². The lowest BCUT2D eigenvalue weighted by atomic mass is 10.1. The third kappa shape index (κ3) is 4.00. The molecule has 3 N–H and O–H groups in total. The van der Waals surface area contributed by atoms with Crippen molar-refractivity contribution in [1.29, 1.82) is 0 Å². The molecule has 0 saturated carbocycles. The number of hydrogen-bond donors (Lipinski definition) is 2. The van der Waals surface area contributed by atoms with Crippen LogP contribution in [0.2, 0.25) is 0 Å². The molecule has 1 heterocycles. The molecule has 1 aliphatic rings. The van der Waals surface area contributed by atoms with Crippen molar-refractivity contribution in [2.45, 2.75) is 23.8 Å². The average molecular weight is 381 g/mol. The van der Waals surface area contributed by atoms with Gasteiger partial charge in [0.15, 0.2) is 5.82 Å². The highest BCUT2D eigenvalue weighted by Crippen LogP contribution is 2.23. The number of halogens is 2. The van der Waals surface area contributed by atoms with Crippen LogP contribution in [0.4, 0.5) is 4.39 Å². The van der Waals surface area contributed by atoms with Crippen LogP contribution in [-0.4, -0.2) is 33.6 Å². The number of hydrogen-bond acceptors (Lipinski definition) is 4. The Morgan fingerprint density at radius 1 is 1.38 bits per heavy atom. The maximum atomic E-state index is 14.2. The predicted molar refractivity (Wildman–Crippen MR) is 76.8 cm³/mol. The summed E-state index contributed by atoms with van der Waals surface area (Å²) in [4.78, 5) is 11.4. The molecule has 1 amide bonds. The topological polar surface area (TPSA) is 98.5 Å². The molecule has 6 nitrogen and oxygen atoms in total. The van der Waals surface area contributed by atoms with Crippen LogP contribution in [0.5, 0.6) is 0 Å². The smallest absolute Gasteiger partial charge is 0.254 e. The molecule has 1 saturated heterocycles. The number of nitrogens with two attached hydrogens (primary N) is 1. The van der Waals surface area contributed by atoms with Gasteiger partial charge >= 0.3 is 0 Å². The van der Waals surface area contributed by atoms with Crippen molar-refractivity contribution in [2.24, 2.45) is 5.14 Å². The number of carbonyl (C=O) groups is 1. The van der Waals surface area contributed by atoms with Gasteiger partial charge in [0.25, 0.3) is 5.91 Å². The van der Waals surface area contributed by atoms with Gasteiger partial charge in [0.1, 0.15) is 4.90 Å². The van der Waals surface area contributed by atoms with E-state index in [1.54, 1.807) is 0 Å². The Bertz CT molecular complexity index is 659. The largest absolute Gasteiger partial charge is 0.381 e. The highest BCUT2D eigenvalue weighted by Gasteiger charge is 2.24. The van der Waals surface area contributed by atoms with E-state index in [-0.39, 0.29) is 16.1 Å². The van der Waals surface area contributed by atoms with Gasteiger partial charge in [-0.05, 0) is 25.0 Å². The molecule has 1 aromatic carbocycles. The van der Waals surface area contributed by atoms with Gasteiger partial charge in [0.2, 0.25) is 10.0 Å².